The average Bonchev–Trinajstić information content (AvgIpc) is 3.28. The molecule has 4 aromatic rings. The molecular weight excluding hydrogens is 541 g/mol. The van der Waals surface area contributed by atoms with Crippen LogP contribution in [-0.2, 0) is 11.3 Å². The van der Waals surface area contributed by atoms with Crippen molar-refractivity contribution in [1.29, 1.82) is 0 Å². The number of halogens is 2. The summed E-state index contributed by atoms with van der Waals surface area (Å²) in [7, 11) is 0. The summed E-state index contributed by atoms with van der Waals surface area (Å²) in [5.74, 6) is 0.192. The Morgan fingerprint density at radius 1 is 1.05 bits per heavy atom. The Balaban J connectivity index is 1.48. The predicted molar refractivity (Wildman–Crippen MR) is 155 cm³/mol. The lowest BCUT2D eigenvalue weighted by atomic mass is 10.0. The van der Waals surface area contributed by atoms with Crippen molar-refractivity contribution in [2.45, 2.75) is 31.6 Å². The summed E-state index contributed by atoms with van der Waals surface area (Å²) < 4.78 is 1.86. The molecule has 0 aliphatic carbocycles. The quantitative estimate of drug-likeness (QED) is 0.163. The minimum absolute atomic E-state index is 0.00755. The van der Waals surface area contributed by atoms with Gasteiger partial charge in [0, 0.05) is 17.3 Å². The van der Waals surface area contributed by atoms with Gasteiger partial charge in [-0.05, 0) is 47.0 Å². The molecule has 2 amide bonds. The molecule has 4 rings (SSSR count). The summed E-state index contributed by atoms with van der Waals surface area (Å²) in [6, 6.07) is 18.0. The van der Waals surface area contributed by atoms with Crippen molar-refractivity contribution in [2.75, 3.05) is 11.1 Å². The van der Waals surface area contributed by atoms with Crippen LogP contribution in [0.2, 0.25) is 10.0 Å². The van der Waals surface area contributed by atoms with Gasteiger partial charge in [0.15, 0.2) is 11.0 Å². The topological polar surface area (TPSA) is 88.9 Å². The fraction of sp³-hybridized carbons (Fsp3) is 0.214. The van der Waals surface area contributed by atoms with Gasteiger partial charge in [-0.2, -0.15) is 0 Å². The molecule has 0 saturated heterocycles. The number of hydrogen-bond acceptors (Lipinski definition) is 5. The van der Waals surface area contributed by atoms with E-state index in [1.807, 2.05) is 60.9 Å². The molecule has 1 atom stereocenters. The number of fused-ring (bicyclic) bond motifs is 1. The third-order valence-corrected chi connectivity index (χ3v) is 7.34. The molecule has 0 spiro atoms. The van der Waals surface area contributed by atoms with Crippen LogP contribution in [-0.4, -0.2) is 32.3 Å². The maximum atomic E-state index is 13.0. The number of carbonyl (C=O) groups excluding carboxylic acids is 2. The van der Waals surface area contributed by atoms with Crippen LogP contribution in [0, 0.1) is 5.92 Å². The fourth-order valence-corrected chi connectivity index (χ4v) is 5.20. The second-order valence-electron chi connectivity index (χ2n) is 8.96. The molecular formula is C28H27Cl2N5O2S. The Hall–Kier alpha value is -3.33. The zero-order valence-corrected chi connectivity index (χ0v) is 23.3. The van der Waals surface area contributed by atoms with Crippen molar-refractivity contribution in [3.05, 3.63) is 94.8 Å². The van der Waals surface area contributed by atoms with E-state index < -0.39 is 6.04 Å². The number of benzene rings is 3. The van der Waals surface area contributed by atoms with E-state index in [1.165, 1.54) is 17.8 Å². The van der Waals surface area contributed by atoms with Crippen LogP contribution < -0.4 is 10.6 Å². The maximum Gasteiger partial charge on any atom is 0.253 e. The molecule has 2 N–H and O–H groups in total. The third-order valence-electron chi connectivity index (χ3n) is 5.83. The molecule has 7 nitrogen and oxygen atoms in total. The van der Waals surface area contributed by atoms with E-state index >= 15 is 0 Å². The normalized spacial score (nSPS) is 11.9. The lowest BCUT2D eigenvalue weighted by molar-refractivity contribution is -0.113. The highest BCUT2D eigenvalue weighted by Crippen LogP contribution is 2.27. The van der Waals surface area contributed by atoms with Gasteiger partial charge in [0.2, 0.25) is 5.91 Å². The number of nitrogens with one attached hydrogen (secondary N) is 2. The highest BCUT2D eigenvalue weighted by atomic mass is 35.5. The molecule has 0 radical (unpaired) electrons. The molecule has 0 saturated carbocycles. The number of thioether (sulfide) groups is 1. The molecule has 38 heavy (non-hydrogen) atoms. The van der Waals surface area contributed by atoms with Crippen molar-refractivity contribution in [1.82, 2.24) is 20.1 Å². The van der Waals surface area contributed by atoms with Crippen LogP contribution in [0.25, 0.3) is 10.8 Å². The second kappa shape index (κ2) is 12.5. The minimum atomic E-state index is -0.456. The molecule has 0 fully saturated rings. The first-order valence-electron chi connectivity index (χ1n) is 12.0. The molecule has 1 heterocycles. The summed E-state index contributed by atoms with van der Waals surface area (Å²) in [5, 5.41) is 18.1. The lowest BCUT2D eigenvalue weighted by Crippen LogP contribution is -2.34. The highest BCUT2D eigenvalue weighted by Gasteiger charge is 2.27. The maximum absolute atomic E-state index is 13.0. The number of anilines is 1. The number of hydrogen-bond donors (Lipinski definition) is 2. The Bertz CT molecular complexity index is 1490. The van der Waals surface area contributed by atoms with Gasteiger partial charge in [0.05, 0.1) is 22.4 Å². The molecule has 3 aromatic carbocycles. The number of nitrogens with zero attached hydrogens (tertiary/aromatic N) is 3. The number of aromatic nitrogens is 3. The van der Waals surface area contributed by atoms with Gasteiger partial charge in [-0.3, -0.25) is 9.59 Å². The molecule has 0 unspecified atom stereocenters. The van der Waals surface area contributed by atoms with Crippen LogP contribution in [0.5, 0.6) is 0 Å². The van der Waals surface area contributed by atoms with Crippen LogP contribution in [0.15, 0.2) is 78.5 Å². The van der Waals surface area contributed by atoms with Crippen LogP contribution >= 0.6 is 35.0 Å². The summed E-state index contributed by atoms with van der Waals surface area (Å²) >= 11 is 13.5. The first kappa shape index (κ1) is 27.7. The molecule has 0 bridgehead atoms. The first-order chi connectivity index (χ1) is 18.3. The zero-order chi connectivity index (χ0) is 27.2. The van der Waals surface area contributed by atoms with E-state index in [9.17, 15) is 9.59 Å². The summed E-state index contributed by atoms with van der Waals surface area (Å²) in [5.41, 5.74) is 1.04. The molecule has 0 aliphatic heterocycles. The molecule has 10 heteroatoms. The molecule has 0 aliphatic rings. The zero-order valence-electron chi connectivity index (χ0n) is 20.9. The van der Waals surface area contributed by atoms with Crippen LogP contribution in [0.3, 0.4) is 0 Å². The number of carbonyl (C=O) groups is 2. The Morgan fingerprint density at radius 2 is 1.82 bits per heavy atom. The monoisotopic (exact) mass is 567 g/mol. The largest absolute Gasteiger partial charge is 0.342 e. The Morgan fingerprint density at radius 3 is 2.53 bits per heavy atom. The van der Waals surface area contributed by atoms with Gasteiger partial charge in [0.25, 0.3) is 5.91 Å². The Labute approximate surface area is 235 Å². The second-order valence-corrected chi connectivity index (χ2v) is 10.7. The number of rotatable bonds is 10. The van der Waals surface area contributed by atoms with Crippen molar-refractivity contribution in [2.24, 2.45) is 5.92 Å². The lowest BCUT2D eigenvalue weighted by Gasteiger charge is -2.23. The van der Waals surface area contributed by atoms with Gasteiger partial charge in [-0.1, -0.05) is 85.2 Å². The van der Waals surface area contributed by atoms with Gasteiger partial charge < -0.3 is 15.2 Å². The van der Waals surface area contributed by atoms with E-state index in [0.717, 1.165) is 16.5 Å². The van der Waals surface area contributed by atoms with Gasteiger partial charge >= 0.3 is 0 Å². The van der Waals surface area contributed by atoms with Gasteiger partial charge in [-0.25, -0.2) is 0 Å². The Kier molecular flexibility index (Phi) is 9.09. The van der Waals surface area contributed by atoms with Crippen molar-refractivity contribution in [3.8, 4) is 0 Å². The molecule has 196 valence electrons. The average molecular weight is 569 g/mol. The highest BCUT2D eigenvalue weighted by molar-refractivity contribution is 7.99. The summed E-state index contributed by atoms with van der Waals surface area (Å²) in [6.07, 6.45) is 1.72. The summed E-state index contributed by atoms with van der Waals surface area (Å²) in [6.45, 7) is 8.21. The number of allylic oxidation sites excluding steroid dienone is 1. The van der Waals surface area contributed by atoms with Crippen LogP contribution in [0.4, 0.5) is 5.69 Å². The van der Waals surface area contributed by atoms with Gasteiger partial charge in [0.1, 0.15) is 0 Å². The first-order valence-corrected chi connectivity index (χ1v) is 13.7. The smallest absolute Gasteiger partial charge is 0.253 e. The van der Waals surface area contributed by atoms with Crippen molar-refractivity contribution >= 4 is 63.2 Å². The van der Waals surface area contributed by atoms with Crippen molar-refractivity contribution in [3.63, 3.8) is 0 Å². The minimum Gasteiger partial charge on any atom is -0.342 e. The van der Waals surface area contributed by atoms with E-state index in [4.69, 9.17) is 23.2 Å². The van der Waals surface area contributed by atoms with E-state index in [-0.39, 0.29) is 28.5 Å². The summed E-state index contributed by atoms with van der Waals surface area (Å²) in [4.78, 5) is 25.7. The van der Waals surface area contributed by atoms with E-state index in [0.29, 0.717) is 28.1 Å². The van der Waals surface area contributed by atoms with E-state index in [1.54, 1.807) is 18.2 Å². The van der Waals surface area contributed by atoms with Crippen molar-refractivity contribution < 1.29 is 9.59 Å². The standard InChI is InChI=1S/C28H27Cl2N5O2S/c1-4-13-35-26(25(17(2)3)32-27(37)22-12-10-20(29)15-23(22)30)33-34-28(35)38-16-24(36)31-21-11-9-18-7-5-6-8-19(18)14-21/h4-12,14-15,17,25H,1,13,16H2,2-3H3,(H,31,36)(H,32,37)/t25-/m0/s1. The SMILES string of the molecule is C=CCn1c(SCC(=O)Nc2ccc3ccccc3c2)nnc1[C@@H](NC(=O)c1ccc(Cl)cc1Cl)C(C)C. The van der Waals surface area contributed by atoms with Crippen LogP contribution in [0.1, 0.15) is 36.1 Å². The molecule has 1 aromatic heterocycles. The van der Waals surface area contributed by atoms with Gasteiger partial charge in [-0.15, -0.1) is 16.8 Å². The predicted octanol–water partition coefficient (Wildman–Crippen LogP) is 6.78. The fourth-order valence-electron chi connectivity index (χ4n) is 3.95. The third kappa shape index (κ3) is 6.56. The van der Waals surface area contributed by atoms with E-state index in [2.05, 4.69) is 27.4 Å². The number of amides is 2.